The number of carbonyl (C=O) groups is 3. The Morgan fingerprint density at radius 1 is 1.32 bits per heavy atom. The van der Waals surface area contributed by atoms with Crippen molar-refractivity contribution in [2.75, 3.05) is 13.2 Å². The number of amides is 2. The van der Waals surface area contributed by atoms with Crippen molar-refractivity contribution in [3.63, 3.8) is 0 Å². The van der Waals surface area contributed by atoms with Crippen molar-refractivity contribution in [2.24, 2.45) is 0 Å². The van der Waals surface area contributed by atoms with Crippen LogP contribution < -0.4 is 5.32 Å². The van der Waals surface area contributed by atoms with Gasteiger partial charge in [0.25, 0.3) is 0 Å². The van der Waals surface area contributed by atoms with Gasteiger partial charge in [0.15, 0.2) is 0 Å². The minimum Gasteiger partial charge on any atom is -0.465 e. The van der Waals surface area contributed by atoms with E-state index in [4.69, 9.17) is 4.74 Å². The van der Waals surface area contributed by atoms with Crippen LogP contribution in [0.1, 0.15) is 45.6 Å². The summed E-state index contributed by atoms with van der Waals surface area (Å²) in [4.78, 5) is 39.2. The number of hydrogen-bond donors (Lipinski definition) is 2. The summed E-state index contributed by atoms with van der Waals surface area (Å²) in [5.41, 5.74) is 0.531. The molecule has 0 bridgehead atoms. The minimum atomic E-state index is -0.658. The molecule has 1 fully saturated rings. The quantitative estimate of drug-likeness (QED) is 0.538. The number of nitrogens with one attached hydrogen (secondary N) is 1. The van der Waals surface area contributed by atoms with Gasteiger partial charge in [-0.3, -0.25) is 14.4 Å². The summed E-state index contributed by atoms with van der Waals surface area (Å²) in [5.74, 6) is -0.961. The van der Waals surface area contributed by atoms with Crippen molar-refractivity contribution in [1.29, 1.82) is 0 Å². The SMILES string of the molecule is CCOC(=O)CN1C(=O)[C@@H](NC(=O)[C@@H](S)Cc2ccccc2)CCCC1(C)C. The lowest BCUT2D eigenvalue weighted by Gasteiger charge is -2.37. The van der Waals surface area contributed by atoms with Gasteiger partial charge in [-0.05, 0) is 52.0 Å². The van der Waals surface area contributed by atoms with E-state index in [9.17, 15) is 14.4 Å². The largest absolute Gasteiger partial charge is 0.465 e. The molecule has 2 rings (SSSR count). The summed E-state index contributed by atoms with van der Waals surface area (Å²) in [6.45, 7) is 5.76. The molecule has 1 aromatic carbocycles. The van der Waals surface area contributed by atoms with Crippen molar-refractivity contribution in [3.8, 4) is 0 Å². The average Bonchev–Trinajstić information content (AvgIpc) is 2.74. The molecule has 0 spiro atoms. The molecule has 7 heteroatoms. The zero-order valence-corrected chi connectivity index (χ0v) is 17.7. The van der Waals surface area contributed by atoms with Crippen molar-refractivity contribution in [3.05, 3.63) is 35.9 Å². The number of nitrogens with zero attached hydrogens (tertiary/aromatic N) is 1. The number of rotatable bonds is 7. The monoisotopic (exact) mass is 406 g/mol. The van der Waals surface area contributed by atoms with Gasteiger partial charge in [0.1, 0.15) is 12.6 Å². The van der Waals surface area contributed by atoms with Crippen LogP contribution in [0.25, 0.3) is 0 Å². The molecular weight excluding hydrogens is 376 g/mol. The van der Waals surface area contributed by atoms with Crippen molar-refractivity contribution in [1.82, 2.24) is 10.2 Å². The van der Waals surface area contributed by atoms with Crippen LogP contribution >= 0.6 is 12.6 Å². The maximum atomic E-state index is 13.1. The van der Waals surface area contributed by atoms with Gasteiger partial charge in [-0.2, -0.15) is 12.6 Å². The fraction of sp³-hybridized carbons (Fsp3) is 0.571. The summed E-state index contributed by atoms with van der Waals surface area (Å²) >= 11 is 4.42. The molecule has 1 N–H and O–H groups in total. The first-order valence-corrected chi connectivity index (χ1v) is 10.3. The van der Waals surface area contributed by atoms with Gasteiger partial charge in [0, 0.05) is 5.54 Å². The molecule has 154 valence electrons. The van der Waals surface area contributed by atoms with Crippen LogP contribution in [0.5, 0.6) is 0 Å². The van der Waals surface area contributed by atoms with Crippen LogP contribution in [0.15, 0.2) is 30.3 Å². The predicted octanol–water partition coefficient (Wildman–Crippen LogP) is 2.37. The number of ether oxygens (including phenoxy) is 1. The summed E-state index contributed by atoms with van der Waals surface area (Å²) < 4.78 is 5.02. The first-order chi connectivity index (χ1) is 13.2. The molecule has 0 radical (unpaired) electrons. The molecule has 1 saturated heterocycles. The lowest BCUT2D eigenvalue weighted by atomic mass is 9.97. The Bertz CT molecular complexity index is 693. The average molecular weight is 407 g/mol. The van der Waals surface area contributed by atoms with Gasteiger partial charge in [-0.1, -0.05) is 30.3 Å². The number of likely N-dealkylation sites (tertiary alicyclic amines) is 1. The second-order valence-electron chi connectivity index (χ2n) is 7.70. The third-order valence-electron chi connectivity index (χ3n) is 5.06. The predicted molar refractivity (Wildman–Crippen MR) is 111 cm³/mol. The molecule has 1 heterocycles. The summed E-state index contributed by atoms with van der Waals surface area (Å²) in [6.07, 6.45) is 2.55. The molecule has 0 aromatic heterocycles. The molecule has 0 aliphatic carbocycles. The molecule has 0 saturated carbocycles. The van der Waals surface area contributed by atoms with Gasteiger partial charge < -0.3 is 15.0 Å². The number of esters is 1. The van der Waals surface area contributed by atoms with Crippen molar-refractivity contribution < 1.29 is 19.1 Å². The highest BCUT2D eigenvalue weighted by molar-refractivity contribution is 7.81. The van der Waals surface area contributed by atoms with E-state index in [0.717, 1.165) is 18.4 Å². The zero-order valence-electron chi connectivity index (χ0n) is 16.8. The van der Waals surface area contributed by atoms with Gasteiger partial charge in [-0.15, -0.1) is 0 Å². The van der Waals surface area contributed by atoms with Crippen LogP contribution in [0.3, 0.4) is 0 Å². The Kier molecular flexibility index (Phi) is 7.92. The Morgan fingerprint density at radius 2 is 2.00 bits per heavy atom. The van der Waals surface area contributed by atoms with Crippen LogP contribution in [-0.4, -0.2) is 52.7 Å². The lowest BCUT2D eigenvalue weighted by molar-refractivity contribution is -0.153. The highest BCUT2D eigenvalue weighted by Gasteiger charge is 2.39. The third-order valence-corrected chi connectivity index (χ3v) is 5.48. The molecule has 2 atom stereocenters. The van der Waals surface area contributed by atoms with Gasteiger partial charge in [-0.25, -0.2) is 0 Å². The second-order valence-corrected chi connectivity index (χ2v) is 8.32. The van der Waals surface area contributed by atoms with E-state index in [2.05, 4.69) is 17.9 Å². The molecular formula is C21H30N2O4S. The normalized spacial score (nSPS) is 20.2. The molecule has 28 heavy (non-hydrogen) atoms. The fourth-order valence-corrected chi connectivity index (χ4v) is 3.73. The topological polar surface area (TPSA) is 75.7 Å². The van der Waals surface area contributed by atoms with E-state index >= 15 is 0 Å². The Hall–Kier alpha value is -2.02. The van der Waals surface area contributed by atoms with E-state index in [1.54, 1.807) is 6.92 Å². The molecule has 1 aliphatic heterocycles. The van der Waals surface area contributed by atoms with Crippen LogP contribution in [0, 0.1) is 0 Å². The van der Waals surface area contributed by atoms with E-state index < -0.39 is 22.8 Å². The Balaban J connectivity index is 2.05. The molecule has 1 aromatic rings. The number of carbonyl (C=O) groups excluding carboxylic acids is 3. The Labute approximate surface area is 172 Å². The van der Waals surface area contributed by atoms with Gasteiger partial charge in [0.05, 0.1) is 11.9 Å². The summed E-state index contributed by atoms with van der Waals surface area (Å²) in [6, 6.07) is 8.97. The first-order valence-electron chi connectivity index (χ1n) is 9.74. The first kappa shape index (κ1) is 22.3. The molecule has 0 unspecified atom stereocenters. The fourth-order valence-electron chi connectivity index (χ4n) is 3.44. The molecule has 2 amide bonds. The van der Waals surface area contributed by atoms with Gasteiger partial charge in [0.2, 0.25) is 11.8 Å². The minimum absolute atomic E-state index is 0.111. The van der Waals surface area contributed by atoms with Crippen LogP contribution in [0.2, 0.25) is 0 Å². The standard InChI is InChI=1S/C21H30N2O4S/c1-4-27-18(24)14-23-20(26)16(11-8-12-21(23,2)3)22-19(25)17(28)13-15-9-6-5-7-10-15/h5-7,9-10,16-17,28H,4,8,11-14H2,1-3H3,(H,22,25)/t16-,17-/m0/s1. The summed E-state index contributed by atoms with van der Waals surface area (Å²) in [7, 11) is 0. The van der Waals surface area contributed by atoms with E-state index in [0.29, 0.717) is 12.8 Å². The van der Waals surface area contributed by atoms with Crippen molar-refractivity contribution in [2.45, 2.75) is 63.3 Å². The maximum absolute atomic E-state index is 13.1. The summed E-state index contributed by atoms with van der Waals surface area (Å²) in [5, 5.41) is 2.29. The highest BCUT2D eigenvalue weighted by atomic mass is 32.1. The van der Waals surface area contributed by atoms with E-state index in [1.165, 1.54) is 4.90 Å². The number of benzene rings is 1. The molecule has 1 aliphatic rings. The highest BCUT2D eigenvalue weighted by Crippen LogP contribution is 2.27. The molecule has 6 nitrogen and oxygen atoms in total. The second kappa shape index (κ2) is 9.96. The maximum Gasteiger partial charge on any atom is 0.325 e. The van der Waals surface area contributed by atoms with E-state index in [1.807, 2.05) is 44.2 Å². The van der Waals surface area contributed by atoms with Crippen LogP contribution in [0.4, 0.5) is 0 Å². The van der Waals surface area contributed by atoms with Crippen LogP contribution in [-0.2, 0) is 25.5 Å². The number of hydrogen-bond acceptors (Lipinski definition) is 5. The third kappa shape index (κ3) is 5.99. The lowest BCUT2D eigenvalue weighted by Crippen LogP contribution is -2.56. The van der Waals surface area contributed by atoms with Crippen molar-refractivity contribution >= 4 is 30.4 Å². The smallest absolute Gasteiger partial charge is 0.325 e. The van der Waals surface area contributed by atoms with Gasteiger partial charge >= 0.3 is 5.97 Å². The zero-order chi connectivity index (χ0) is 20.7. The Morgan fingerprint density at radius 3 is 2.64 bits per heavy atom. The van der Waals surface area contributed by atoms with E-state index in [-0.39, 0.29) is 25.0 Å². The number of thiol groups is 1.